The largest absolute Gasteiger partial charge is 0.497 e. The molecular formula is C22H27ClN2O3. The molecule has 0 spiro atoms. The second-order valence-electron chi connectivity index (χ2n) is 8.01. The average molecular weight is 403 g/mol. The van der Waals surface area contributed by atoms with Crippen LogP contribution in [0, 0.1) is 5.92 Å². The van der Waals surface area contributed by atoms with Crippen molar-refractivity contribution < 1.29 is 13.9 Å². The van der Waals surface area contributed by atoms with E-state index in [1.54, 1.807) is 25.5 Å². The molecular weight excluding hydrogens is 376 g/mol. The van der Waals surface area contributed by atoms with Crippen LogP contribution in [-0.4, -0.2) is 48.5 Å². The number of fused-ring (bicyclic) bond motifs is 4. The number of hydrogen-bond acceptors (Lipinski definition) is 4. The predicted molar refractivity (Wildman–Crippen MR) is 109 cm³/mol. The van der Waals surface area contributed by atoms with Gasteiger partial charge >= 0.3 is 0 Å². The highest BCUT2D eigenvalue weighted by molar-refractivity contribution is 5.91. The van der Waals surface area contributed by atoms with Crippen molar-refractivity contribution in [3.63, 3.8) is 0 Å². The van der Waals surface area contributed by atoms with Crippen molar-refractivity contribution in [1.29, 1.82) is 0 Å². The third kappa shape index (κ3) is 3.20. The van der Waals surface area contributed by atoms with E-state index < -0.39 is 0 Å². The zero-order valence-corrected chi connectivity index (χ0v) is 17.0. The van der Waals surface area contributed by atoms with E-state index in [2.05, 4.69) is 28.0 Å². The number of ether oxygens (including phenoxy) is 1. The Kier molecular flexibility index (Phi) is 5.39. The van der Waals surface area contributed by atoms with Gasteiger partial charge in [-0.2, -0.15) is 0 Å². The third-order valence-corrected chi connectivity index (χ3v) is 6.66. The molecule has 0 radical (unpaired) electrons. The normalized spacial score (nSPS) is 26.5. The highest BCUT2D eigenvalue weighted by atomic mass is 35.5. The van der Waals surface area contributed by atoms with Gasteiger partial charge < -0.3 is 14.1 Å². The zero-order valence-electron chi connectivity index (χ0n) is 16.2. The Balaban J connectivity index is 0.00000192. The number of methoxy groups -OCH3 is 1. The monoisotopic (exact) mass is 402 g/mol. The minimum absolute atomic E-state index is 0. The summed E-state index contributed by atoms with van der Waals surface area (Å²) in [4.78, 5) is 17.7. The number of halogens is 1. The summed E-state index contributed by atoms with van der Waals surface area (Å²) >= 11 is 0. The van der Waals surface area contributed by atoms with Gasteiger partial charge in [0.25, 0.3) is 5.91 Å². The second-order valence-corrected chi connectivity index (χ2v) is 8.01. The Labute approximate surface area is 172 Å². The number of carbonyl (C=O) groups is 1. The van der Waals surface area contributed by atoms with Crippen molar-refractivity contribution in [2.45, 2.75) is 37.8 Å². The Bertz CT molecular complexity index is 838. The van der Waals surface area contributed by atoms with Crippen molar-refractivity contribution >= 4 is 18.3 Å². The van der Waals surface area contributed by atoms with Crippen molar-refractivity contribution in [2.75, 3.05) is 26.7 Å². The quantitative estimate of drug-likeness (QED) is 0.763. The van der Waals surface area contributed by atoms with Crippen LogP contribution in [0.3, 0.4) is 0 Å². The number of benzene rings is 1. The molecule has 0 unspecified atom stereocenters. The molecule has 0 bridgehead atoms. The highest BCUT2D eigenvalue weighted by Gasteiger charge is 2.44. The van der Waals surface area contributed by atoms with Gasteiger partial charge in [-0.25, -0.2) is 0 Å². The lowest BCUT2D eigenvalue weighted by atomic mass is 9.76. The molecule has 2 saturated heterocycles. The minimum atomic E-state index is 0. The van der Waals surface area contributed by atoms with Crippen LogP contribution < -0.4 is 4.74 Å². The second kappa shape index (κ2) is 7.80. The number of hydrogen-bond donors (Lipinski definition) is 0. The lowest BCUT2D eigenvalue weighted by Gasteiger charge is -2.52. The maximum absolute atomic E-state index is 13.0. The highest BCUT2D eigenvalue weighted by Crippen LogP contribution is 2.43. The molecule has 0 saturated carbocycles. The molecule has 5 rings (SSSR count). The maximum atomic E-state index is 13.0. The molecule has 3 aliphatic rings. The lowest BCUT2D eigenvalue weighted by molar-refractivity contribution is -0.00716. The predicted octanol–water partition coefficient (Wildman–Crippen LogP) is 3.93. The van der Waals surface area contributed by atoms with Crippen LogP contribution in [0.15, 0.2) is 41.0 Å². The molecule has 150 valence electrons. The van der Waals surface area contributed by atoms with Gasteiger partial charge in [0.1, 0.15) is 5.75 Å². The molecule has 28 heavy (non-hydrogen) atoms. The number of furan rings is 1. The first-order valence-corrected chi connectivity index (χ1v) is 10.00. The zero-order chi connectivity index (χ0) is 18.4. The van der Waals surface area contributed by atoms with Crippen LogP contribution in [0.2, 0.25) is 0 Å². The summed E-state index contributed by atoms with van der Waals surface area (Å²) in [6.45, 7) is 3.02. The molecule has 3 aliphatic heterocycles. The third-order valence-electron chi connectivity index (χ3n) is 6.66. The number of carbonyl (C=O) groups excluding carboxylic acids is 1. The fourth-order valence-corrected chi connectivity index (χ4v) is 5.35. The molecule has 5 nitrogen and oxygen atoms in total. The Hall–Kier alpha value is -1.98. The van der Waals surface area contributed by atoms with E-state index in [-0.39, 0.29) is 18.3 Å². The number of amides is 1. The SMILES string of the molecule is COc1ccc2c(c1)CCN1C[C@H]3CCCN(C(=O)c4ccco4)[C@H]3C[C@@H]21.Cl. The molecule has 2 aromatic rings. The molecule has 1 aromatic heterocycles. The van der Waals surface area contributed by atoms with Gasteiger partial charge in [0.15, 0.2) is 5.76 Å². The van der Waals surface area contributed by atoms with Crippen molar-refractivity contribution in [3.05, 3.63) is 53.5 Å². The Morgan fingerprint density at radius 3 is 2.93 bits per heavy atom. The lowest BCUT2D eigenvalue weighted by Crippen LogP contribution is -2.57. The van der Waals surface area contributed by atoms with Crippen molar-refractivity contribution in [2.24, 2.45) is 5.92 Å². The van der Waals surface area contributed by atoms with Crippen LogP contribution in [0.1, 0.15) is 47.0 Å². The summed E-state index contributed by atoms with van der Waals surface area (Å²) in [7, 11) is 1.72. The molecule has 0 N–H and O–H groups in total. The van der Waals surface area contributed by atoms with Gasteiger partial charge in [0, 0.05) is 31.7 Å². The first kappa shape index (κ1) is 19.3. The summed E-state index contributed by atoms with van der Waals surface area (Å²) in [5.41, 5.74) is 2.81. The Morgan fingerprint density at radius 1 is 1.25 bits per heavy atom. The van der Waals surface area contributed by atoms with Crippen molar-refractivity contribution in [1.82, 2.24) is 9.80 Å². The van der Waals surface area contributed by atoms with Gasteiger partial charge in [0.2, 0.25) is 0 Å². The van der Waals surface area contributed by atoms with E-state index in [0.717, 1.165) is 44.6 Å². The van der Waals surface area contributed by atoms with E-state index in [4.69, 9.17) is 9.15 Å². The standard InChI is InChI=1S/C22H26N2O3.ClH/c1-26-17-6-7-18-15(12-17)8-10-23-14-16-4-2-9-24(19(16)13-20(18)23)22(25)21-5-3-11-27-21;/h3,5-7,11-12,16,19-20H,2,4,8-10,13-14H2,1H3;1H/t16-,19+,20+;/m1./s1. The van der Waals surface area contributed by atoms with Crippen LogP contribution in [0.4, 0.5) is 0 Å². The summed E-state index contributed by atoms with van der Waals surface area (Å²) in [5, 5.41) is 0. The fourth-order valence-electron chi connectivity index (χ4n) is 5.35. The van der Waals surface area contributed by atoms with Gasteiger partial charge in [-0.05, 0) is 67.0 Å². The number of nitrogens with zero attached hydrogens (tertiary/aromatic N) is 2. The molecule has 2 fully saturated rings. The molecule has 6 heteroatoms. The molecule has 3 atom stereocenters. The van der Waals surface area contributed by atoms with Gasteiger partial charge in [0.05, 0.1) is 13.4 Å². The number of piperidine rings is 2. The number of rotatable bonds is 2. The van der Waals surface area contributed by atoms with Gasteiger partial charge in [-0.15, -0.1) is 12.4 Å². The first-order chi connectivity index (χ1) is 13.2. The topological polar surface area (TPSA) is 45.9 Å². The van der Waals surface area contributed by atoms with E-state index in [0.29, 0.717) is 23.8 Å². The van der Waals surface area contributed by atoms with Crippen molar-refractivity contribution in [3.8, 4) is 5.75 Å². The summed E-state index contributed by atoms with van der Waals surface area (Å²) in [5.74, 6) is 2.01. The number of likely N-dealkylation sites (tertiary alicyclic amines) is 1. The van der Waals surface area contributed by atoms with Gasteiger partial charge in [-0.1, -0.05) is 6.07 Å². The summed E-state index contributed by atoms with van der Waals surface area (Å²) in [6, 6.07) is 10.8. The first-order valence-electron chi connectivity index (χ1n) is 10.00. The summed E-state index contributed by atoms with van der Waals surface area (Å²) < 4.78 is 10.8. The van der Waals surface area contributed by atoms with Crippen LogP contribution >= 0.6 is 12.4 Å². The van der Waals surface area contributed by atoms with Crippen LogP contribution in [0.5, 0.6) is 5.75 Å². The molecule has 1 aromatic carbocycles. The Morgan fingerprint density at radius 2 is 2.14 bits per heavy atom. The smallest absolute Gasteiger partial charge is 0.289 e. The van der Waals surface area contributed by atoms with E-state index in [9.17, 15) is 4.79 Å². The maximum Gasteiger partial charge on any atom is 0.289 e. The van der Waals surface area contributed by atoms with E-state index in [1.165, 1.54) is 17.5 Å². The average Bonchev–Trinajstić information content (AvgIpc) is 3.25. The molecule has 4 heterocycles. The fraction of sp³-hybridized carbons (Fsp3) is 0.500. The minimum Gasteiger partial charge on any atom is -0.497 e. The van der Waals surface area contributed by atoms with E-state index in [1.807, 2.05) is 0 Å². The van der Waals surface area contributed by atoms with E-state index >= 15 is 0 Å². The summed E-state index contributed by atoms with van der Waals surface area (Å²) in [6.07, 6.45) is 5.97. The van der Waals surface area contributed by atoms with Crippen LogP contribution in [-0.2, 0) is 6.42 Å². The molecule has 1 amide bonds. The van der Waals surface area contributed by atoms with Crippen LogP contribution in [0.25, 0.3) is 0 Å². The van der Waals surface area contributed by atoms with Gasteiger partial charge in [-0.3, -0.25) is 9.69 Å². The molecule has 0 aliphatic carbocycles.